The molecule has 0 bridgehead atoms. The van der Waals surface area contributed by atoms with Crippen LogP contribution in [0, 0.1) is 6.92 Å². The number of thiophene rings is 1. The van der Waals surface area contributed by atoms with E-state index >= 15 is 0 Å². The summed E-state index contributed by atoms with van der Waals surface area (Å²) in [5.41, 5.74) is 1.34. The Labute approximate surface area is 90.3 Å². The first-order valence-corrected chi connectivity index (χ1v) is 5.90. The van der Waals surface area contributed by atoms with Crippen LogP contribution in [-0.4, -0.2) is 13.7 Å². The molecule has 0 aromatic carbocycles. The molecule has 0 saturated carbocycles. The number of rotatable bonds is 6. The molecule has 3 heteroatoms. The van der Waals surface area contributed by atoms with Gasteiger partial charge in [-0.25, -0.2) is 0 Å². The van der Waals surface area contributed by atoms with Crippen molar-refractivity contribution in [2.75, 3.05) is 13.7 Å². The highest BCUT2D eigenvalue weighted by Crippen LogP contribution is 2.22. The first-order valence-electron chi connectivity index (χ1n) is 5.08. The summed E-state index contributed by atoms with van der Waals surface area (Å²) >= 11 is 1.85. The summed E-state index contributed by atoms with van der Waals surface area (Å²) in [6.45, 7) is 6.87. The smallest absolute Gasteiger partial charge is 0.0727 e. The van der Waals surface area contributed by atoms with Crippen molar-refractivity contribution in [2.45, 2.75) is 33.4 Å². The third kappa shape index (κ3) is 3.40. The van der Waals surface area contributed by atoms with E-state index in [2.05, 4.69) is 25.2 Å². The van der Waals surface area contributed by atoms with Crippen molar-refractivity contribution >= 4 is 11.3 Å². The number of ether oxygens (including phenoxy) is 1. The zero-order chi connectivity index (χ0) is 10.4. The molecule has 1 aromatic heterocycles. The standard InChI is InChI=1S/C11H19NOS/c1-4-5-13-8-10-6-11(7-12-3)14-9(10)2/h6,12H,4-5,7-8H2,1-3H3. The van der Waals surface area contributed by atoms with Gasteiger partial charge in [-0.1, -0.05) is 6.92 Å². The summed E-state index contributed by atoms with van der Waals surface area (Å²) in [6.07, 6.45) is 1.09. The molecule has 0 unspecified atom stereocenters. The van der Waals surface area contributed by atoms with Crippen molar-refractivity contribution in [3.8, 4) is 0 Å². The van der Waals surface area contributed by atoms with Gasteiger partial charge in [0.1, 0.15) is 0 Å². The van der Waals surface area contributed by atoms with Crippen LogP contribution in [-0.2, 0) is 17.9 Å². The van der Waals surface area contributed by atoms with E-state index in [4.69, 9.17) is 4.74 Å². The second-order valence-electron chi connectivity index (χ2n) is 3.38. The van der Waals surface area contributed by atoms with Crippen molar-refractivity contribution in [1.82, 2.24) is 5.32 Å². The monoisotopic (exact) mass is 213 g/mol. The quantitative estimate of drug-likeness (QED) is 0.734. The van der Waals surface area contributed by atoms with Crippen molar-refractivity contribution < 1.29 is 4.74 Å². The topological polar surface area (TPSA) is 21.3 Å². The van der Waals surface area contributed by atoms with Gasteiger partial charge in [0.15, 0.2) is 0 Å². The van der Waals surface area contributed by atoms with Gasteiger partial charge < -0.3 is 10.1 Å². The number of hydrogen-bond donors (Lipinski definition) is 1. The third-order valence-corrected chi connectivity index (χ3v) is 3.12. The molecule has 0 amide bonds. The minimum absolute atomic E-state index is 0.764. The Balaban J connectivity index is 2.49. The average Bonchev–Trinajstić information content (AvgIpc) is 2.48. The highest BCUT2D eigenvalue weighted by atomic mass is 32.1. The lowest BCUT2D eigenvalue weighted by Gasteiger charge is -2.00. The molecule has 0 aliphatic heterocycles. The second-order valence-corrected chi connectivity index (χ2v) is 4.72. The van der Waals surface area contributed by atoms with Crippen LogP contribution in [0.15, 0.2) is 6.07 Å². The summed E-state index contributed by atoms with van der Waals surface area (Å²) in [6, 6.07) is 2.24. The first-order chi connectivity index (χ1) is 6.77. The predicted octanol–water partition coefficient (Wildman–Crippen LogP) is 2.70. The van der Waals surface area contributed by atoms with Crippen LogP contribution in [0.3, 0.4) is 0 Å². The largest absolute Gasteiger partial charge is 0.377 e. The van der Waals surface area contributed by atoms with Gasteiger partial charge >= 0.3 is 0 Å². The van der Waals surface area contributed by atoms with Crippen molar-refractivity contribution in [3.63, 3.8) is 0 Å². The highest BCUT2D eigenvalue weighted by molar-refractivity contribution is 7.12. The van der Waals surface area contributed by atoms with E-state index in [9.17, 15) is 0 Å². The Kier molecular flexibility index (Phi) is 5.15. The SMILES string of the molecule is CCCOCc1cc(CNC)sc1C. The number of hydrogen-bond acceptors (Lipinski definition) is 3. The molecule has 0 saturated heterocycles. The maximum absolute atomic E-state index is 5.53. The van der Waals surface area contributed by atoms with E-state index in [-0.39, 0.29) is 0 Å². The maximum Gasteiger partial charge on any atom is 0.0727 e. The molecule has 14 heavy (non-hydrogen) atoms. The lowest BCUT2D eigenvalue weighted by atomic mass is 10.2. The average molecular weight is 213 g/mol. The summed E-state index contributed by atoms with van der Waals surface area (Å²) in [5.74, 6) is 0. The summed E-state index contributed by atoms with van der Waals surface area (Å²) in [5, 5.41) is 3.16. The molecule has 0 fully saturated rings. The molecular formula is C11H19NOS. The van der Waals surface area contributed by atoms with E-state index in [1.165, 1.54) is 15.3 Å². The van der Waals surface area contributed by atoms with Crippen molar-refractivity contribution in [3.05, 3.63) is 21.4 Å². The van der Waals surface area contributed by atoms with Crippen molar-refractivity contribution in [1.29, 1.82) is 0 Å². The molecule has 80 valence electrons. The van der Waals surface area contributed by atoms with Crippen molar-refractivity contribution in [2.24, 2.45) is 0 Å². The third-order valence-electron chi connectivity index (χ3n) is 2.03. The molecule has 0 atom stereocenters. The molecule has 0 spiro atoms. The molecule has 0 aliphatic rings. The molecule has 1 heterocycles. The Morgan fingerprint density at radius 3 is 2.93 bits per heavy atom. The van der Waals surface area contributed by atoms with Crippen LogP contribution in [0.4, 0.5) is 0 Å². The van der Waals surface area contributed by atoms with E-state index in [1.807, 2.05) is 18.4 Å². The fraction of sp³-hybridized carbons (Fsp3) is 0.636. The van der Waals surface area contributed by atoms with Crippen LogP contribution in [0.1, 0.15) is 28.7 Å². The van der Waals surface area contributed by atoms with Gasteiger partial charge in [0.2, 0.25) is 0 Å². The van der Waals surface area contributed by atoms with Crippen LogP contribution >= 0.6 is 11.3 Å². The Bertz CT molecular complexity index is 270. The van der Waals surface area contributed by atoms with Crippen LogP contribution in [0.25, 0.3) is 0 Å². The fourth-order valence-corrected chi connectivity index (χ4v) is 2.38. The molecule has 1 aromatic rings. The van der Waals surface area contributed by atoms with Gasteiger partial charge in [-0.2, -0.15) is 0 Å². The molecule has 1 rings (SSSR count). The molecule has 0 radical (unpaired) electrons. The summed E-state index contributed by atoms with van der Waals surface area (Å²) < 4.78 is 5.53. The highest BCUT2D eigenvalue weighted by Gasteiger charge is 2.04. The Morgan fingerprint density at radius 1 is 1.50 bits per heavy atom. The fourth-order valence-electron chi connectivity index (χ4n) is 1.32. The molecule has 0 aliphatic carbocycles. The van der Waals surface area contributed by atoms with Gasteiger partial charge in [-0.3, -0.25) is 0 Å². The predicted molar refractivity (Wildman–Crippen MR) is 61.8 cm³/mol. The van der Waals surface area contributed by atoms with Gasteiger partial charge in [0.25, 0.3) is 0 Å². The molecule has 2 nitrogen and oxygen atoms in total. The van der Waals surface area contributed by atoms with Crippen LogP contribution in [0.2, 0.25) is 0 Å². The summed E-state index contributed by atoms with van der Waals surface area (Å²) in [7, 11) is 1.97. The summed E-state index contributed by atoms with van der Waals surface area (Å²) in [4.78, 5) is 2.77. The van der Waals surface area contributed by atoms with Gasteiger partial charge in [0.05, 0.1) is 6.61 Å². The van der Waals surface area contributed by atoms with Gasteiger partial charge in [-0.05, 0) is 32.0 Å². The van der Waals surface area contributed by atoms with Crippen LogP contribution < -0.4 is 5.32 Å². The van der Waals surface area contributed by atoms with E-state index < -0.39 is 0 Å². The molecular weight excluding hydrogens is 194 g/mol. The minimum Gasteiger partial charge on any atom is -0.377 e. The zero-order valence-corrected chi connectivity index (χ0v) is 10.0. The lowest BCUT2D eigenvalue weighted by Crippen LogP contribution is -2.02. The normalized spacial score (nSPS) is 10.8. The van der Waals surface area contributed by atoms with Gasteiger partial charge in [0, 0.05) is 22.9 Å². The second kappa shape index (κ2) is 6.17. The Hall–Kier alpha value is -0.380. The lowest BCUT2D eigenvalue weighted by molar-refractivity contribution is 0.121. The van der Waals surface area contributed by atoms with E-state index in [0.717, 1.165) is 26.2 Å². The first kappa shape index (κ1) is 11.7. The Morgan fingerprint density at radius 2 is 2.29 bits per heavy atom. The van der Waals surface area contributed by atoms with Gasteiger partial charge in [-0.15, -0.1) is 11.3 Å². The van der Waals surface area contributed by atoms with E-state index in [1.54, 1.807) is 0 Å². The zero-order valence-electron chi connectivity index (χ0n) is 9.22. The van der Waals surface area contributed by atoms with E-state index in [0.29, 0.717) is 0 Å². The number of nitrogens with one attached hydrogen (secondary N) is 1. The minimum atomic E-state index is 0.764. The van der Waals surface area contributed by atoms with Crippen LogP contribution in [0.5, 0.6) is 0 Å². The number of aryl methyl sites for hydroxylation is 1. The maximum atomic E-state index is 5.53. The molecule has 1 N–H and O–H groups in total.